The molecule has 21 heavy (non-hydrogen) atoms. The Morgan fingerprint density at radius 3 is 2.05 bits per heavy atom. The maximum absolute atomic E-state index is 12.0. The second kappa shape index (κ2) is 11.4. The number of carbonyl (C=O) groups is 4. The highest BCUT2D eigenvalue weighted by atomic mass is 35.5. The molecule has 5 nitrogen and oxygen atoms in total. The van der Waals surface area contributed by atoms with E-state index in [4.69, 9.17) is 11.6 Å². The minimum absolute atomic E-state index is 0.265. The molecule has 0 spiro atoms. The largest absolute Gasteiger partial charge is 0.469 e. The molecule has 0 aliphatic heterocycles. The molecule has 0 aliphatic rings. The van der Waals surface area contributed by atoms with E-state index in [1.165, 1.54) is 14.0 Å². The molecule has 6 heteroatoms. The number of methoxy groups -OCH3 is 1. The number of ketones is 3. The Labute approximate surface area is 130 Å². The first-order valence-corrected chi connectivity index (χ1v) is 7.63. The van der Waals surface area contributed by atoms with Gasteiger partial charge in [0, 0.05) is 5.88 Å². The number of esters is 1. The molecule has 0 aromatic heterocycles. The van der Waals surface area contributed by atoms with Crippen LogP contribution in [-0.2, 0) is 23.9 Å². The lowest BCUT2D eigenvalue weighted by Gasteiger charge is -2.13. The van der Waals surface area contributed by atoms with Crippen molar-refractivity contribution in [2.24, 2.45) is 5.92 Å². The van der Waals surface area contributed by atoms with E-state index in [0.29, 0.717) is 18.7 Å². The van der Waals surface area contributed by atoms with Gasteiger partial charge in [-0.05, 0) is 19.8 Å². The van der Waals surface area contributed by atoms with Crippen molar-refractivity contribution in [2.45, 2.75) is 51.9 Å². The highest BCUT2D eigenvalue weighted by molar-refractivity contribution is 6.17. The van der Waals surface area contributed by atoms with Crippen molar-refractivity contribution in [3.05, 3.63) is 0 Å². The lowest BCUT2D eigenvalue weighted by atomic mass is 9.88. The molecule has 0 heterocycles. The first-order valence-electron chi connectivity index (χ1n) is 7.10. The number of alkyl halides is 1. The van der Waals surface area contributed by atoms with Gasteiger partial charge in [0.2, 0.25) is 0 Å². The number of hydrogen-bond donors (Lipinski definition) is 0. The molecule has 0 rings (SSSR count). The average molecular weight is 319 g/mol. The lowest BCUT2D eigenvalue weighted by molar-refractivity contribution is -0.145. The maximum atomic E-state index is 12.0. The zero-order valence-corrected chi connectivity index (χ0v) is 13.4. The summed E-state index contributed by atoms with van der Waals surface area (Å²) in [6.45, 7) is 1.31. The lowest BCUT2D eigenvalue weighted by Crippen LogP contribution is -2.27. The molecular weight excluding hydrogens is 296 g/mol. The first kappa shape index (κ1) is 19.8. The average Bonchev–Trinajstić information content (AvgIpc) is 2.41. The van der Waals surface area contributed by atoms with E-state index in [9.17, 15) is 19.2 Å². The van der Waals surface area contributed by atoms with Crippen LogP contribution in [0.2, 0.25) is 0 Å². The summed E-state index contributed by atoms with van der Waals surface area (Å²) in [5.41, 5.74) is 0. The van der Waals surface area contributed by atoms with Crippen molar-refractivity contribution < 1.29 is 23.9 Å². The van der Waals surface area contributed by atoms with Gasteiger partial charge >= 0.3 is 5.97 Å². The Hall–Kier alpha value is -1.23. The van der Waals surface area contributed by atoms with Crippen molar-refractivity contribution in [1.29, 1.82) is 0 Å². The van der Waals surface area contributed by atoms with Crippen LogP contribution in [-0.4, -0.2) is 36.3 Å². The summed E-state index contributed by atoms with van der Waals surface area (Å²) in [7, 11) is 1.19. The minimum Gasteiger partial charge on any atom is -0.469 e. The molecule has 1 unspecified atom stereocenters. The first-order chi connectivity index (χ1) is 9.92. The SMILES string of the molecule is COC(=O)CC(=O)C(CCCCCCCl)C(=O)CC(C)=O. The van der Waals surface area contributed by atoms with E-state index in [1.54, 1.807) is 0 Å². The summed E-state index contributed by atoms with van der Waals surface area (Å²) in [6.07, 6.45) is 3.06. The van der Waals surface area contributed by atoms with Crippen LogP contribution in [0.1, 0.15) is 51.9 Å². The molecule has 0 saturated heterocycles. The molecule has 0 aromatic rings. The number of rotatable bonds is 12. The zero-order valence-electron chi connectivity index (χ0n) is 12.7. The van der Waals surface area contributed by atoms with E-state index in [0.717, 1.165) is 19.3 Å². The normalized spacial score (nSPS) is 11.8. The molecule has 1 atom stereocenters. The number of Topliss-reactive ketones (excluding diaryl/α,β-unsaturated/α-hetero) is 3. The van der Waals surface area contributed by atoms with Crippen LogP contribution in [0, 0.1) is 5.92 Å². The van der Waals surface area contributed by atoms with Gasteiger partial charge in [0.1, 0.15) is 12.2 Å². The minimum atomic E-state index is -0.885. The van der Waals surface area contributed by atoms with Gasteiger partial charge in [0.25, 0.3) is 0 Å². The van der Waals surface area contributed by atoms with Gasteiger partial charge < -0.3 is 4.74 Å². The Morgan fingerprint density at radius 1 is 0.952 bits per heavy atom. The third-order valence-electron chi connectivity index (χ3n) is 3.12. The van der Waals surface area contributed by atoms with Gasteiger partial charge in [-0.3, -0.25) is 19.2 Å². The van der Waals surface area contributed by atoms with E-state index < -0.39 is 29.9 Å². The molecule has 0 amide bonds. The van der Waals surface area contributed by atoms with Crippen molar-refractivity contribution in [3.63, 3.8) is 0 Å². The quantitative estimate of drug-likeness (QED) is 0.239. The predicted octanol–water partition coefficient (Wildman–Crippen LogP) is 2.47. The van der Waals surface area contributed by atoms with Crippen LogP contribution in [0.3, 0.4) is 0 Å². The molecule has 0 fully saturated rings. The van der Waals surface area contributed by atoms with Gasteiger partial charge in [-0.15, -0.1) is 11.6 Å². The molecule has 0 radical (unpaired) electrons. The van der Waals surface area contributed by atoms with Gasteiger partial charge in [0.05, 0.1) is 19.4 Å². The monoisotopic (exact) mass is 318 g/mol. The summed E-state index contributed by atoms with van der Waals surface area (Å²) in [6, 6.07) is 0. The Morgan fingerprint density at radius 2 is 1.52 bits per heavy atom. The maximum Gasteiger partial charge on any atom is 0.313 e. The third kappa shape index (κ3) is 9.34. The smallest absolute Gasteiger partial charge is 0.313 e. The van der Waals surface area contributed by atoms with Crippen LogP contribution in [0.4, 0.5) is 0 Å². The molecule has 120 valence electrons. The zero-order chi connectivity index (χ0) is 16.3. The molecule has 0 N–H and O–H groups in total. The topological polar surface area (TPSA) is 77.5 Å². The molecule has 0 aliphatic carbocycles. The fourth-order valence-corrected chi connectivity index (χ4v) is 2.19. The van der Waals surface area contributed by atoms with Gasteiger partial charge in [-0.1, -0.05) is 19.3 Å². The van der Waals surface area contributed by atoms with Crippen molar-refractivity contribution in [1.82, 2.24) is 0 Å². The third-order valence-corrected chi connectivity index (χ3v) is 3.39. The fraction of sp³-hybridized carbons (Fsp3) is 0.733. The summed E-state index contributed by atoms with van der Waals surface area (Å²) in [5.74, 6) is -2.11. The Balaban J connectivity index is 4.53. The van der Waals surface area contributed by atoms with Crippen molar-refractivity contribution in [2.75, 3.05) is 13.0 Å². The van der Waals surface area contributed by atoms with E-state index >= 15 is 0 Å². The fourth-order valence-electron chi connectivity index (χ4n) is 2.00. The predicted molar refractivity (Wildman–Crippen MR) is 79.2 cm³/mol. The second-order valence-electron chi connectivity index (χ2n) is 5.01. The molecule has 0 bridgehead atoms. The summed E-state index contributed by atoms with van der Waals surface area (Å²) < 4.78 is 4.44. The Kier molecular flexibility index (Phi) is 10.8. The number of ether oxygens (including phenoxy) is 1. The standard InChI is InChI=1S/C15H23ClO5/c1-11(17)9-13(18)12(7-5-3-4-6-8-16)14(19)10-15(20)21-2/h12H,3-10H2,1-2H3. The summed E-state index contributed by atoms with van der Waals surface area (Å²) in [5, 5.41) is 0. The molecule has 0 saturated carbocycles. The van der Waals surface area contributed by atoms with Crippen LogP contribution in [0.25, 0.3) is 0 Å². The van der Waals surface area contributed by atoms with E-state index in [1.807, 2.05) is 0 Å². The van der Waals surface area contributed by atoms with Crippen molar-refractivity contribution >= 4 is 34.9 Å². The van der Waals surface area contributed by atoms with E-state index in [2.05, 4.69) is 4.74 Å². The molecule has 0 aromatic carbocycles. The van der Waals surface area contributed by atoms with Crippen molar-refractivity contribution in [3.8, 4) is 0 Å². The summed E-state index contributed by atoms with van der Waals surface area (Å²) >= 11 is 5.58. The van der Waals surface area contributed by atoms with Gasteiger partial charge in [0.15, 0.2) is 11.6 Å². The van der Waals surface area contributed by atoms with E-state index in [-0.39, 0.29) is 12.2 Å². The number of unbranched alkanes of at least 4 members (excludes halogenated alkanes) is 3. The van der Waals surface area contributed by atoms with Crippen LogP contribution >= 0.6 is 11.6 Å². The Bertz CT molecular complexity index is 378. The van der Waals surface area contributed by atoms with Crippen LogP contribution < -0.4 is 0 Å². The summed E-state index contributed by atoms with van der Waals surface area (Å²) in [4.78, 5) is 46.2. The van der Waals surface area contributed by atoms with Crippen LogP contribution in [0.15, 0.2) is 0 Å². The highest BCUT2D eigenvalue weighted by Crippen LogP contribution is 2.17. The second-order valence-corrected chi connectivity index (χ2v) is 5.39. The van der Waals surface area contributed by atoms with Gasteiger partial charge in [-0.25, -0.2) is 0 Å². The van der Waals surface area contributed by atoms with Gasteiger partial charge in [-0.2, -0.15) is 0 Å². The number of hydrogen-bond acceptors (Lipinski definition) is 5. The number of halogens is 1. The number of carbonyl (C=O) groups excluding carboxylic acids is 4. The van der Waals surface area contributed by atoms with Crippen LogP contribution in [0.5, 0.6) is 0 Å². The molecular formula is C15H23ClO5. The highest BCUT2D eigenvalue weighted by Gasteiger charge is 2.28.